The minimum Gasteiger partial charge on any atom is -0.464 e. The maximum atomic E-state index is 6.22. The molecule has 6 heteroatoms. The lowest BCUT2D eigenvalue weighted by Crippen LogP contribution is -2.19. The molecule has 18 heavy (non-hydrogen) atoms. The molecule has 2 aromatic heterocycles. The van der Waals surface area contributed by atoms with Gasteiger partial charge in [0.15, 0.2) is 0 Å². The molecule has 2 aromatic rings. The zero-order chi connectivity index (χ0) is 13.1. The largest absolute Gasteiger partial charge is 0.464 e. The van der Waals surface area contributed by atoms with Crippen LogP contribution in [-0.2, 0) is 11.3 Å². The minimum absolute atomic E-state index is 0.340. The van der Waals surface area contributed by atoms with Gasteiger partial charge in [0.05, 0.1) is 29.5 Å². The van der Waals surface area contributed by atoms with Crippen molar-refractivity contribution in [1.82, 2.24) is 9.78 Å². The van der Waals surface area contributed by atoms with Crippen molar-refractivity contribution >= 4 is 15.9 Å². The van der Waals surface area contributed by atoms with Crippen LogP contribution in [0.4, 0.5) is 0 Å². The summed E-state index contributed by atoms with van der Waals surface area (Å²) < 4.78 is 13.3. The third-order valence-corrected chi connectivity index (χ3v) is 3.31. The van der Waals surface area contributed by atoms with Crippen LogP contribution in [0.25, 0.3) is 0 Å². The summed E-state index contributed by atoms with van der Waals surface area (Å²) in [6, 6.07) is 3.45. The number of halogens is 1. The molecule has 0 aromatic carbocycles. The van der Waals surface area contributed by atoms with Crippen molar-refractivity contribution in [3.63, 3.8) is 0 Å². The van der Waals surface area contributed by atoms with Gasteiger partial charge in [-0.2, -0.15) is 5.10 Å². The van der Waals surface area contributed by atoms with Gasteiger partial charge in [0.1, 0.15) is 17.6 Å². The van der Waals surface area contributed by atoms with Crippen molar-refractivity contribution in [3.05, 3.63) is 40.0 Å². The molecule has 0 radical (unpaired) electrons. The Bertz CT molecular complexity index is 521. The number of nitrogens with two attached hydrogens (primary N) is 1. The Labute approximate surface area is 114 Å². The lowest BCUT2D eigenvalue weighted by atomic mass is 10.1. The SMILES string of the molecule is COCCn1ncc(Br)c1C(N)c1ccc(C)o1. The van der Waals surface area contributed by atoms with Crippen LogP contribution >= 0.6 is 15.9 Å². The van der Waals surface area contributed by atoms with E-state index in [0.717, 1.165) is 21.7 Å². The highest BCUT2D eigenvalue weighted by atomic mass is 79.9. The molecule has 0 bridgehead atoms. The minimum atomic E-state index is -0.340. The van der Waals surface area contributed by atoms with Crippen LogP contribution in [0.3, 0.4) is 0 Å². The van der Waals surface area contributed by atoms with Crippen molar-refractivity contribution in [2.75, 3.05) is 13.7 Å². The molecule has 5 nitrogen and oxygen atoms in total. The molecule has 2 heterocycles. The van der Waals surface area contributed by atoms with E-state index in [-0.39, 0.29) is 6.04 Å². The van der Waals surface area contributed by atoms with Gasteiger partial charge in [-0.25, -0.2) is 0 Å². The van der Waals surface area contributed by atoms with E-state index in [4.69, 9.17) is 14.9 Å². The van der Waals surface area contributed by atoms with E-state index in [1.807, 2.05) is 23.7 Å². The summed E-state index contributed by atoms with van der Waals surface area (Å²) >= 11 is 3.47. The van der Waals surface area contributed by atoms with Crippen LogP contribution in [0.5, 0.6) is 0 Å². The number of furan rings is 1. The van der Waals surface area contributed by atoms with E-state index in [9.17, 15) is 0 Å². The Kier molecular flexibility index (Phi) is 4.21. The molecule has 2 rings (SSSR count). The zero-order valence-corrected chi connectivity index (χ0v) is 12.0. The van der Waals surface area contributed by atoms with Crippen LogP contribution in [0.15, 0.2) is 27.2 Å². The number of hydrogen-bond donors (Lipinski definition) is 1. The Morgan fingerprint density at radius 1 is 1.56 bits per heavy atom. The Morgan fingerprint density at radius 3 is 2.94 bits per heavy atom. The first-order valence-electron chi connectivity index (χ1n) is 5.65. The molecule has 98 valence electrons. The number of methoxy groups -OCH3 is 1. The summed E-state index contributed by atoms with van der Waals surface area (Å²) in [6.07, 6.45) is 1.74. The summed E-state index contributed by atoms with van der Waals surface area (Å²) in [7, 11) is 1.66. The van der Waals surface area contributed by atoms with Gasteiger partial charge >= 0.3 is 0 Å². The monoisotopic (exact) mass is 313 g/mol. The van der Waals surface area contributed by atoms with Gasteiger partial charge in [0.25, 0.3) is 0 Å². The van der Waals surface area contributed by atoms with Gasteiger partial charge < -0.3 is 14.9 Å². The maximum absolute atomic E-state index is 6.22. The molecular weight excluding hydrogens is 298 g/mol. The zero-order valence-electron chi connectivity index (χ0n) is 10.4. The second kappa shape index (κ2) is 5.69. The number of rotatable bonds is 5. The average molecular weight is 314 g/mol. The fraction of sp³-hybridized carbons (Fsp3) is 0.417. The normalized spacial score (nSPS) is 12.9. The van der Waals surface area contributed by atoms with E-state index in [2.05, 4.69) is 21.0 Å². The average Bonchev–Trinajstić information content (AvgIpc) is 2.92. The summed E-state index contributed by atoms with van der Waals surface area (Å²) in [5, 5.41) is 4.27. The Morgan fingerprint density at radius 2 is 2.33 bits per heavy atom. The van der Waals surface area contributed by atoms with E-state index < -0.39 is 0 Å². The second-order valence-corrected chi connectivity index (χ2v) is 4.87. The molecule has 2 N–H and O–H groups in total. The van der Waals surface area contributed by atoms with E-state index in [1.54, 1.807) is 13.3 Å². The molecule has 0 aliphatic heterocycles. The first kappa shape index (κ1) is 13.3. The quantitative estimate of drug-likeness (QED) is 0.919. The van der Waals surface area contributed by atoms with E-state index in [0.29, 0.717) is 13.2 Å². The molecule has 0 aliphatic rings. The summed E-state index contributed by atoms with van der Waals surface area (Å²) in [5.41, 5.74) is 7.11. The van der Waals surface area contributed by atoms with E-state index in [1.165, 1.54) is 0 Å². The lowest BCUT2D eigenvalue weighted by Gasteiger charge is -2.13. The van der Waals surface area contributed by atoms with E-state index >= 15 is 0 Å². The van der Waals surface area contributed by atoms with Crippen LogP contribution in [0, 0.1) is 6.92 Å². The second-order valence-electron chi connectivity index (χ2n) is 4.02. The molecule has 0 saturated carbocycles. The maximum Gasteiger partial charge on any atom is 0.127 e. The highest BCUT2D eigenvalue weighted by Crippen LogP contribution is 2.27. The third-order valence-electron chi connectivity index (χ3n) is 2.70. The van der Waals surface area contributed by atoms with Gasteiger partial charge in [-0.1, -0.05) is 0 Å². The summed E-state index contributed by atoms with van der Waals surface area (Å²) in [4.78, 5) is 0. The van der Waals surface area contributed by atoms with Gasteiger partial charge in [0, 0.05) is 7.11 Å². The van der Waals surface area contributed by atoms with Crippen LogP contribution in [0.1, 0.15) is 23.3 Å². The predicted molar refractivity (Wildman–Crippen MR) is 71.3 cm³/mol. The highest BCUT2D eigenvalue weighted by Gasteiger charge is 2.20. The number of hydrogen-bond acceptors (Lipinski definition) is 4. The predicted octanol–water partition coefficient (Wildman–Crippen LogP) is 2.24. The van der Waals surface area contributed by atoms with Crippen LogP contribution in [0.2, 0.25) is 0 Å². The topological polar surface area (TPSA) is 66.2 Å². The highest BCUT2D eigenvalue weighted by molar-refractivity contribution is 9.10. The first-order chi connectivity index (χ1) is 8.63. The molecule has 1 unspecified atom stereocenters. The fourth-order valence-corrected chi connectivity index (χ4v) is 2.34. The molecule has 0 saturated heterocycles. The smallest absolute Gasteiger partial charge is 0.127 e. The number of nitrogens with zero attached hydrogens (tertiary/aromatic N) is 2. The number of aryl methyl sites for hydroxylation is 1. The van der Waals surface area contributed by atoms with Crippen molar-refractivity contribution in [3.8, 4) is 0 Å². The van der Waals surface area contributed by atoms with Gasteiger partial charge in [0.2, 0.25) is 0 Å². The summed E-state index contributed by atoms with van der Waals surface area (Å²) in [6.45, 7) is 3.14. The van der Waals surface area contributed by atoms with Crippen molar-refractivity contribution in [2.24, 2.45) is 5.73 Å². The van der Waals surface area contributed by atoms with Crippen molar-refractivity contribution in [2.45, 2.75) is 19.5 Å². The first-order valence-corrected chi connectivity index (χ1v) is 6.45. The number of aromatic nitrogens is 2. The van der Waals surface area contributed by atoms with Gasteiger partial charge in [-0.05, 0) is 35.0 Å². The third kappa shape index (κ3) is 2.66. The standard InChI is InChI=1S/C12H16BrN3O2/c1-8-3-4-10(18-8)11(14)12-9(13)7-15-16(12)5-6-17-2/h3-4,7,11H,5-6,14H2,1-2H3. The Hall–Kier alpha value is -1.11. The van der Waals surface area contributed by atoms with Crippen molar-refractivity contribution in [1.29, 1.82) is 0 Å². The Balaban J connectivity index is 2.28. The van der Waals surface area contributed by atoms with Crippen molar-refractivity contribution < 1.29 is 9.15 Å². The number of ether oxygens (including phenoxy) is 1. The molecule has 1 atom stereocenters. The van der Waals surface area contributed by atoms with Crippen LogP contribution < -0.4 is 5.73 Å². The summed E-state index contributed by atoms with van der Waals surface area (Å²) in [5.74, 6) is 1.58. The van der Waals surface area contributed by atoms with Crippen LogP contribution in [-0.4, -0.2) is 23.5 Å². The lowest BCUT2D eigenvalue weighted by molar-refractivity contribution is 0.182. The molecular formula is C12H16BrN3O2. The molecule has 0 amide bonds. The van der Waals surface area contributed by atoms with Gasteiger partial charge in [-0.15, -0.1) is 0 Å². The van der Waals surface area contributed by atoms with Gasteiger partial charge in [-0.3, -0.25) is 4.68 Å². The fourth-order valence-electron chi connectivity index (χ4n) is 1.79. The molecule has 0 aliphatic carbocycles. The molecule has 0 fully saturated rings. The molecule has 0 spiro atoms.